The van der Waals surface area contributed by atoms with E-state index in [-0.39, 0.29) is 24.7 Å². The molecule has 2 aromatic carbocycles. The fraction of sp³-hybridized carbons (Fsp3) is 0.419. The summed E-state index contributed by atoms with van der Waals surface area (Å²) in [5, 5.41) is 5.78. The summed E-state index contributed by atoms with van der Waals surface area (Å²) in [6.45, 7) is 12.7. The summed E-state index contributed by atoms with van der Waals surface area (Å²) in [5.41, 5.74) is 2.36. The van der Waals surface area contributed by atoms with Gasteiger partial charge in [0.15, 0.2) is 0 Å². The number of hydrogen-bond donors (Lipinski definition) is 2. The second-order valence-corrected chi connectivity index (χ2v) is 11.2. The van der Waals surface area contributed by atoms with Crippen LogP contribution in [0.15, 0.2) is 60.9 Å². The largest absolute Gasteiger partial charge is 0.492 e. The maximum Gasteiger partial charge on any atom is 0.325 e. The van der Waals surface area contributed by atoms with E-state index in [0.717, 1.165) is 42.2 Å². The third-order valence-corrected chi connectivity index (χ3v) is 6.23. The van der Waals surface area contributed by atoms with Gasteiger partial charge in [-0.3, -0.25) is 14.5 Å². The fourth-order valence-electron chi connectivity index (χ4n) is 4.51. The SMILES string of the molecule is CC1CN(CCOc2ccc(Nc3ncc(-c4ccc(C(=O)NCC(=O)OC(C)(C)C)cc4)cn3)cc2)CC(C)O1. The van der Waals surface area contributed by atoms with Crippen molar-refractivity contribution in [3.8, 4) is 16.9 Å². The molecule has 0 aliphatic carbocycles. The summed E-state index contributed by atoms with van der Waals surface area (Å²) in [4.78, 5) is 35.4. The molecule has 0 bridgehead atoms. The Bertz CT molecular complexity index is 1280. The number of morpholine rings is 1. The van der Waals surface area contributed by atoms with Crippen LogP contribution < -0.4 is 15.4 Å². The van der Waals surface area contributed by atoms with Crippen molar-refractivity contribution in [3.05, 3.63) is 66.5 Å². The minimum atomic E-state index is -0.600. The molecule has 1 aromatic heterocycles. The molecule has 1 aliphatic rings. The molecule has 1 fully saturated rings. The molecule has 1 amide bonds. The highest BCUT2D eigenvalue weighted by Crippen LogP contribution is 2.22. The molecule has 1 saturated heterocycles. The van der Waals surface area contributed by atoms with Gasteiger partial charge in [0.25, 0.3) is 5.91 Å². The van der Waals surface area contributed by atoms with Gasteiger partial charge in [-0.2, -0.15) is 0 Å². The number of ether oxygens (including phenoxy) is 3. The predicted octanol–water partition coefficient (Wildman–Crippen LogP) is 4.45. The lowest BCUT2D eigenvalue weighted by molar-refractivity contribution is -0.153. The molecule has 2 atom stereocenters. The molecule has 0 saturated carbocycles. The zero-order valence-electron chi connectivity index (χ0n) is 24.3. The molecule has 3 aromatic rings. The lowest BCUT2D eigenvalue weighted by Crippen LogP contribution is -2.46. The molecular formula is C31H39N5O5. The van der Waals surface area contributed by atoms with Gasteiger partial charge in [0.2, 0.25) is 5.95 Å². The number of nitrogens with zero attached hydrogens (tertiary/aromatic N) is 3. The second kappa shape index (κ2) is 13.6. The average molecular weight is 562 g/mol. The van der Waals surface area contributed by atoms with Crippen molar-refractivity contribution in [2.24, 2.45) is 0 Å². The molecule has 0 spiro atoms. The molecule has 2 heterocycles. The van der Waals surface area contributed by atoms with E-state index < -0.39 is 11.6 Å². The van der Waals surface area contributed by atoms with Crippen molar-refractivity contribution in [1.82, 2.24) is 20.2 Å². The zero-order chi connectivity index (χ0) is 29.4. The zero-order valence-corrected chi connectivity index (χ0v) is 24.3. The van der Waals surface area contributed by atoms with Gasteiger partial charge < -0.3 is 24.8 Å². The first-order valence-electron chi connectivity index (χ1n) is 13.8. The Hall–Kier alpha value is -4.02. The topological polar surface area (TPSA) is 115 Å². The van der Waals surface area contributed by atoms with Crippen LogP contribution in [0.2, 0.25) is 0 Å². The molecule has 2 N–H and O–H groups in total. The van der Waals surface area contributed by atoms with Crippen molar-refractivity contribution in [2.75, 3.05) is 38.1 Å². The predicted molar refractivity (Wildman–Crippen MR) is 157 cm³/mol. The summed E-state index contributed by atoms with van der Waals surface area (Å²) < 4.78 is 16.9. The van der Waals surface area contributed by atoms with Gasteiger partial charge in [0.1, 0.15) is 24.5 Å². The van der Waals surface area contributed by atoms with Gasteiger partial charge in [0, 0.05) is 48.8 Å². The van der Waals surface area contributed by atoms with E-state index in [1.54, 1.807) is 45.3 Å². The van der Waals surface area contributed by atoms with E-state index >= 15 is 0 Å². The molecule has 2 unspecified atom stereocenters. The maximum absolute atomic E-state index is 12.4. The van der Waals surface area contributed by atoms with Crippen LogP contribution >= 0.6 is 0 Å². The Balaban J connectivity index is 1.23. The average Bonchev–Trinajstić information content (AvgIpc) is 2.92. The van der Waals surface area contributed by atoms with E-state index in [9.17, 15) is 9.59 Å². The van der Waals surface area contributed by atoms with Crippen LogP contribution in [0.25, 0.3) is 11.1 Å². The standard InChI is InChI=1S/C31H39N5O5/c1-21-19-36(20-22(2)40-21)14-15-39-27-12-10-26(11-13-27)35-30-33-16-25(17-34-30)23-6-8-24(9-7-23)29(38)32-18-28(37)41-31(3,4)5/h6-13,16-17,21-22H,14-15,18-20H2,1-5H3,(H,32,38)(H,33,34,35). The van der Waals surface area contributed by atoms with Crippen LogP contribution in [0.3, 0.4) is 0 Å². The molecule has 0 radical (unpaired) electrons. The lowest BCUT2D eigenvalue weighted by Gasteiger charge is -2.35. The number of benzene rings is 2. The Kier molecular flexibility index (Phi) is 9.91. The van der Waals surface area contributed by atoms with E-state index in [2.05, 4.69) is 39.3 Å². The Morgan fingerprint density at radius 1 is 0.951 bits per heavy atom. The van der Waals surface area contributed by atoms with Gasteiger partial charge in [-0.25, -0.2) is 9.97 Å². The number of aromatic nitrogens is 2. The molecular weight excluding hydrogens is 522 g/mol. The van der Waals surface area contributed by atoms with Gasteiger partial charge >= 0.3 is 5.97 Å². The summed E-state index contributed by atoms with van der Waals surface area (Å²) in [7, 11) is 0. The van der Waals surface area contributed by atoms with Gasteiger partial charge in [-0.1, -0.05) is 12.1 Å². The van der Waals surface area contributed by atoms with Gasteiger partial charge in [-0.15, -0.1) is 0 Å². The van der Waals surface area contributed by atoms with E-state index in [4.69, 9.17) is 14.2 Å². The molecule has 1 aliphatic heterocycles. The monoisotopic (exact) mass is 561 g/mol. The summed E-state index contributed by atoms with van der Waals surface area (Å²) in [6, 6.07) is 14.7. The van der Waals surface area contributed by atoms with Crippen LogP contribution in [0.5, 0.6) is 5.75 Å². The van der Waals surface area contributed by atoms with E-state index in [0.29, 0.717) is 18.1 Å². The number of rotatable bonds is 10. The maximum atomic E-state index is 12.4. The molecule has 10 heteroatoms. The first kappa shape index (κ1) is 30.0. The Morgan fingerprint density at radius 3 is 2.20 bits per heavy atom. The minimum absolute atomic E-state index is 0.191. The van der Waals surface area contributed by atoms with E-state index in [1.165, 1.54) is 0 Å². The fourth-order valence-corrected chi connectivity index (χ4v) is 4.51. The number of esters is 1. The summed E-state index contributed by atoms with van der Waals surface area (Å²) in [6.07, 6.45) is 3.94. The first-order chi connectivity index (χ1) is 19.5. The van der Waals surface area contributed by atoms with Crippen molar-refractivity contribution >= 4 is 23.5 Å². The van der Waals surface area contributed by atoms with Crippen molar-refractivity contribution in [1.29, 1.82) is 0 Å². The number of amides is 1. The van der Waals surface area contributed by atoms with E-state index in [1.807, 2.05) is 36.4 Å². The number of carbonyl (C=O) groups is 2. The quantitative estimate of drug-likeness (QED) is 0.347. The van der Waals surface area contributed by atoms with Crippen LogP contribution in [-0.4, -0.2) is 77.3 Å². The number of hydrogen-bond acceptors (Lipinski definition) is 9. The molecule has 4 rings (SSSR count). The lowest BCUT2D eigenvalue weighted by atomic mass is 10.1. The highest BCUT2D eigenvalue weighted by atomic mass is 16.6. The van der Waals surface area contributed by atoms with Gasteiger partial charge in [0.05, 0.1) is 12.2 Å². The van der Waals surface area contributed by atoms with Crippen molar-refractivity contribution in [3.63, 3.8) is 0 Å². The highest BCUT2D eigenvalue weighted by Gasteiger charge is 2.21. The van der Waals surface area contributed by atoms with Crippen LogP contribution in [0.1, 0.15) is 45.0 Å². The number of nitrogens with one attached hydrogen (secondary N) is 2. The Morgan fingerprint density at radius 2 is 1.59 bits per heavy atom. The van der Waals surface area contributed by atoms with Crippen LogP contribution in [-0.2, 0) is 14.3 Å². The number of carbonyl (C=O) groups excluding carboxylic acids is 2. The molecule has 218 valence electrons. The van der Waals surface area contributed by atoms with Crippen LogP contribution in [0, 0.1) is 0 Å². The Labute approximate surface area is 241 Å². The smallest absolute Gasteiger partial charge is 0.325 e. The van der Waals surface area contributed by atoms with Crippen LogP contribution in [0.4, 0.5) is 11.6 Å². The number of anilines is 2. The van der Waals surface area contributed by atoms with Gasteiger partial charge in [-0.05, 0) is 76.6 Å². The third-order valence-electron chi connectivity index (χ3n) is 6.23. The molecule has 41 heavy (non-hydrogen) atoms. The summed E-state index contributed by atoms with van der Waals surface area (Å²) in [5.74, 6) is 0.441. The first-order valence-corrected chi connectivity index (χ1v) is 13.8. The summed E-state index contributed by atoms with van der Waals surface area (Å²) >= 11 is 0. The second-order valence-electron chi connectivity index (χ2n) is 11.2. The highest BCUT2D eigenvalue weighted by molar-refractivity contribution is 5.96. The van der Waals surface area contributed by atoms with Crippen molar-refractivity contribution < 1.29 is 23.8 Å². The normalized spacial score (nSPS) is 17.5. The minimum Gasteiger partial charge on any atom is -0.492 e. The third kappa shape index (κ3) is 9.54. The molecule has 10 nitrogen and oxygen atoms in total. The van der Waals surface area contributed by atoms with Crippen molar-refractivity contribution in [2.45, 2.75) is 52.4 Å².